The van der Waals surface area contributed by atoms with Crippen LogP contribution in [-0.4, -0.2) is 55.0 Å². The maximum absolute atomic E-state index is 11.2. The molecule has 2 amide bonds. The van der Waals surface area contributed by atoms with Crippen LogP contribution in [-0.2, 0) is 4.74 Å². The number of aliphatic hydroxyl groups is 1. The van der Waals surface area contributed by atoms with Crippen molar-refractivity contribution in [1.29, 1.82) is 0 Å². The monoisotopic (exact) mass is 202 g/mol. The Bertz CT molecular complexity index is 206. The van der Waals surface area contributed by atoms with Gasteiger partial charge < -0.3 is 20.1 Å². The summed E-state index contributed by atoms with van der Waals surface area (Å²) in [7, 11) is 1.60. The van der Waals surface area contributed by atoms with Crippen molar-refractivity contribution in [1.82, 2.24) is 10.2 Å². The highest BCUT2D eigenvalue weighted by molar-refractivity contribution is 5.76. The lowest BCUT2D eigenvalue weighted by Gasteiger charge is -2.27. The molecule has 0 spiro atoms. The van der Waals surface area contributed by atoms with E-state index in [0.29, 0.717) is 32.7 Å². The van der Waals surface area contributed by atoms with Gasteiger partial charge in [0.15, 0.2) is 0 Å². The van der Waals surface area contributed by atoms with E-state index in [4.69, 9.17) is 4.74 Å². The number of hydrogen-bond acceptors (Lipinski definition) is 3. The fourth-order valence-corrected chi connectivity index (χ4v) is 1.47. The maximum atomic E-state index is 11.2. The van der Waals surface area contributed by atoms with Gasteiger partial charge in [0.1, 0.15) is 0 Å². The SMILES string of the molecule is COCCC(C)(O)CN1CCNC1=O. The number of carbonyl (C=O) groups excluding carboxylic acids is 1. The highest BCUT2D eigenvalue weighted by Crippen LogP contribution is 2.13. The van der Waals surface area contributed by atoms with Gasteiger partial charge in [-0.15, -0.1) is 0 Å². The van der Waals surface area contributed by atoms with Gasteiger partial charge in [-0.1, -0.05) is 0 Å². The molecule has 1 saturated heterocycles. The number of rotatable bonds is 5. The molecule has 0 bridgehead atoms. The second-order valence-corrected chi connectivity index (χ2v) is 3.89. The van der Waals surface area contributed by atoms with Crippen molar-refractivity contribution >= 4 is 6.03 Å². The van der Waals surface area contributed by atoms with Crippen molar-refractivity contribution in [3.05, 3.63) is 0 Å². The maximum Gasteiger partial charge on any atom is 0.317 e. The Labute approximate surface area is 84.0 Å². The average Bonchev–Trinajstić information content (AvgIpc) is 2.48. The number of nitrogens with one attached hydrogen (secondary N) is 1. The number of ether oxygens (including phenoxy) is 1. The van der Waals surface area contributed by atoms with Crippen molar-refractivity contribution in [2.24, 2.45) is 0 Å². The van der Waals surface area contributed by atoms with Crippen LogP contribution in [0.1, 0.15) is 13.3 Å². The van der Waals surface area contributed by atoms with Gasteiger partial charge in [0.2, 0.25) is 0 Å². The number of hydrogen-bond donors (Lipinski definition) is 2. The highest BCUT2D eigenvalue weighted by Gasteiger charge is 2.28. The molecule has 2 N–H and O–H groups in total. The van der Waals surface area contributed by atoms with Crippen molar-refractivity contribution in [3.8, 4) is 0 Å². The second kappa shape index (κ2) is 4.61. The minimum absolute atomic E-state index is 0.0947. The molecule has 0 aromatic rings. The summed E-state index contributed by atoms with van der Waals surface area (Å²) in [6, 6.07) is -0.0947. The molecule has 0 radical (unpaired) electrons. The number of methoxy groups -OCH3 is 1. The van der Waals surface area contributed by atoms with E-state index in [0.717, 1.165) is 0 Å². The van der Waals surface area contributed by atoms with Gasteiger partial charge in [0.25, 0.3) is 0 Å². The largest absolute Gasteiger partial charge is 0.388 e. The topological polar surface area (TPSA) is 61.8 Å². The van der Waals surface area contributed by atoms with Gasteiger partial charge in [-0.05, 0) is 6.92 Å². The summed E-state index contributed by atoms with van der Waals surface area (Å²) in [5.41, 5.74) is -0.863. The van der Waals surface area contributed by atoms with E-state index >= 15 is 0 Å². The highest BCUT2D eigenvalue weighted by atomic mass is 16.5. The van der Waals surface area contributed by atoms with Gasteiger partial charge in [0.05, 0.1) is 12.1 Å². The summed E-state index contributed by atoms with van der Waals surface area (Å²) in [6.07, 6.45) is 0.535. The molecule has 82 valence electrons. The van der Waals surface area contributed by atoms with Crippen LogP contribution in [0, 0.1) is 0 Å². The Morgan fingerprint density at radius 2 is 2.43 bits per heavy atom. The lowest BCUT2D eigenvalue weighted by Crippen LogP contribution is -2.43. The first-order valence-electron chi connectivity index (χ1n) is 4.79. The van der Waals surface area contributed by atoms with Crippen LogP contribution in [0.2, 0.25) is 0 Å². The Kier molecular flexibility index (Phi) is 3.71. The van der Waals surface area contributed by atoms with Crippen LogP contribution in [0.5, 0.6) is 0 Å². The van der Waals surface area contributed by atoms with Crippen LogP contribution in [0.3, 0.4) is 0 Å². The summed E-state index contributed by atoms with van der Waals surface area (Å²) in [6.45, 7) is 3.92. The first-order chi connectivity index (χ1) is 6.55. The van der Waals surface area contributed by atoms with Gasteiger partial charge in [-0.3, -0.25) is 0 Å². The molecule has 0 saturated carbocycles. The van der Waals surface area contributed by atoms with Crippen LogP contribution in [0.25, 0.3) is 0 Å². The Balaban J connectivity index is 2.37. The Hall–Kier alpha value is -0.810. The molecule has 1 atom stereocenters. The van der Waals surface area contributed by atoms with E-state index in [1.807, 2.05) is 0 Å². The number of β-amino-alcohol motifs (C(OH)–C–C–N with tert-alkyl or cyclic N) is 1. The third kappa shape index (κ3) is 3.16. The third-order valence-electron chi connectivity index (χ3n) is 2.32. The van der Waals surface area contributed by atoms with Crippen molar-refractivity contribution < 1.29 is 14.6 Å². The zero-order chi connectivity index (χ0) is 10.6. The van der Waals surface area contributed by atoms with E-state index in [9.17, 15) is 9.90 Å². The van der Waals surface area contributed by atoms with Crippen LogP contribution >= 0.6 is 0 Å². The third-order valence-corrected chi connectivity index (χ3v) is 2.32. The summed E-state index contributed by atoms with van der Waals surface area (Å²) < 4.78 is 4.89. The molecule has 1 fully saturated rings. The number of amides is 2. The average molecular weight is 202 g/mol. The predicted octanol–water partition coefficient (Wildman–Crippen LogP) is -0.201. The molecule has 0 aromatic heterocycles. The van der Waals surface area contributed by atoms with Crippen molar-refractivity contribution in [2.75, 3.05) is 33.4 Å². The van der Waals surface area contributed by atoms with Crippen molar-refractivity contribution in [2.45, 2.75) is 18.9 Å². The molecule has 5 heteroatoms. The van der Waals surface area contributed by atoms with E-state index in [-0.39, 0.29) is 6.03 Å². The van der Waals surface area contributed by atoms with Gasteiger partial charge in [0, 0.05) is 33.2 Å². The van der Waals surface area contributed by atoms with E-state index in [1.54, 1.807) is 18.9 Å². The smallest absolute Gasteiger partial charge is 0.317 e. The molecule has 5 nitrogen and oxygen atoms in total. The zero-order valence-corrected chi connectivity index (χ0v) is 8.75. The Morgan fingerprint density at radius 3 is 2.93 bits per heavy atom. The first-order valence-corrected chi connectivity index (χ1v) is 4.79. The zero-order valence-electron chi connectivity index (χ0n) is 8.75. The molecular formula is C9H18N2O3. The molecule has 14 heavy (non-hydrogen) atoms. The molecule has 1 heterocycles. The van der Waals surface area contributed by atoms with Gasteiger partial charge in [-0.2, -0.15) is 0 Å². The molecule has 0 aromatic carbocycles. The van der Waals surface area contributed by atoms with Crippen LogP contribution in [0.15, 0.2) is 0 Å². The lowest BCUT2D eigenvalue weighted by molar-refractivity contribution is 0.00614. The summed E-state index contributed by atoms with van der Waals surface area (Å²) in [4.78, 5) is 12.8. The molecule has 1 aliphatic heterocycles. The van der Waals surface area contributed by atoms with E-state index < -0.39 is 5.60 Å². The lowest BCUT2D eigenvalue weighted by atomic mass is 10.0. The van der Waals surface area contributed by atoms with Gasteiger partial charge in [-0.25, -0.2) is 4.79 Å². The summed E-state index contributed by atoms with van der Waals surface area (Å²) >= 11 is 0. The molecule has 1 unspecified atom stereocenters. The molecular weight excluding hydrogens is 184 g/mol. The predicted molar refractivity (Wildman–Crippen MR) is 52.1 cm³/mol. The number of urea groups is 1. The summed E-state index contributed by atoms with van der Waals surface area (Å²) in [5, 5.41) is 12.6. The fraction of sp³-hybridized carbons (Fsp3) is 0.889. The van der Waals surface area contributed by atoms with Crippen LogP contribution in [0.4, 0.5) is 4.79 Å². The molecule has 0 aliphatic carbocycles. The van der Waals surface area contributed by atoms with Crippen LogP contribution < -0.4 is 5.32 Å². The Morgan fingerprint density at radius 1 is 1.71 bits per heavy atom. The first kappa shape index (κ1) is 11.3. The molecule has 1 aliphatic rings. The molecule has 1 rings (SSSR count). The normalized spacial score (nSPS) is 20.8. The second-order valence-electron chi connectivity index (χ2n) is 3.89. The fourth-order valence-electron chi connectivity index (χ4n) is 1.47. The van der Waals surface area contributed by atoms with Gasteiger partial charge >= 0.3 is 6.03 Å². The van der Waals surface area contributed by atoms with Crippen molar-refractivity contribution in [3.63, 3.8) is 0 Å². The quantitative estimate of drug-likeness (QED) is 0.649. The number of nitrogens with zero attached hydrogens (tertiary/aromatic N) is 1. The summed E-state index contributed by atoms with van der Waals surface area (Å²) in [5.74, 6) is 0. The van der Waals surface area contributed by atoms with E-state index in [2.05, 4.69) is 5.32 Å². The van der Waals surface area contributed by atoms with E-state index in [1.165, 1.54) is 0 Å². The number of carbonyl (C=O) groups is 1. The minimum atomic E-state index is -0.863. The standard InChI is InChI=1S/C9H18N2O3/c1-9(13,3-6-14-2)7-11-5-4-10-8(11)12/h13H,3-7H2,1-2H3,(H,10,12). The minimum Gasteiger partial charge on any atom is -0.388 e.